The number of hydrogen-bond donors (Lipinski definition) is 2. The fraction of sp³-hybridized carbons (Fsp3) is 0.583. The van der Waals surface area contributed by atoms with E-state index < -0.39 is 54.6 Å². The highest BCUT2D eigenvalue weighted by atomic mass is 19.3. The number of primary amides is 1. The highest BCUT2D eigenvalue weighted by Gasteiger charge is 2.52. The quantitative estimate of drug-likeness (QED) is 0.645. The normalized spacial score (nSPS) is 25.6. The van der Waals surface area contributed by atoms with Crippen molar-refractivity contribution in [3.63, 3.8) is 0 Å². The number of alkyl halides is 2. The first kappa shape index (κ1) is 24.1. The first-order valence-electron chi connectivity index (χ1n) is 11.6. The third-order valence-corrected chi connectivity index (χ3v) is 6.87. The fourth-order valence-corrected chi connectivity index (χ4v) is 5.22. The van der Waals surface area contributed by atoms with Gasteiger partial charge in [-0.3, -0.25) is 19.2 Å². The Bertz CT molecular complexity index is 1030. The van der Waals surface area contributed by atoms with Gasteiger partial charge in [-0.1, -0.05) is 32.0 Å². The highest BCUT2D eigenvalue weighted by Crippen LogP contribution is 2.34. The first-order chi connectivity index (χ1) is 15.9. The first-order valence-corrected chi connectivity index (χ1v) is 11.6. The molecular weight excluding hydrogens is 446 g/mol. The van der Waals surface area contributed by atoms with E-state index in [4.69, 9.17) is 5.73 Å². The van der Waals surface area contributed by atoms with Crippen LogP contribution < -0.4 is 11.1 Å². The molecule has 1 aromatic carbocycles. The minimum atomic E-state index is -3.22. The summed E-state index contributed by atoms with van der Waals surface area (Å²) in [7, 11) is 0. The zero-order chi connectivity index (χ0) is 24.8. The van der Waals surface area contributed by atoms with E-state index in [-0.39, 0.29) is 18.7 Å². The molecule has 0 aromatic heterocycles. The van der Waals surface area contributed by atoms with Crippen molar-refractivity contribution in [2.45, 2.75) is 70.6 Å². The predicted molar refractivity (Wildman–Crippen MR) is 118 cm³/mol. The number of nitrogens with two attached hydrogens (primary N) is 1. The van der Waals surface area contributed by atoms with Crippen molar-refractivity contribution in [3.8, 4) is 0 Å². The second-order valence-corrected chi connectivity index (χ2v) is 10.0. The van der Waals surface area contributed by atoms with Gasteiger partial charge in [0.1, 0.15) is 12.1 Å². The zero-order valence-corrected chi connectivity index (χ0v) is 19.4. The van der Waals surface area contributed by atoms with Crippen LogP contribution in [0, 0.1) is 11.8 Å². The minimum absolute atomic E-state index is 0.0103. The molecule has 0 unspecified atom stereocenters. The molecule has 3 aliphatic rings. The third kappa shape index (κ3) is 4.76. The zero-order valence-electron chi connectivity index (χ0n) is 19.4. The van der Waals surface area contributed by atoms with Crippen LogP contribution >= 0.6 is 0 Å². The lowest BCUT2D eigenvalue weighted by atomic mass is 9.96. The van der Waals surface area contributed by atoms with Gasteiger partial charge in [-0.15, -0.1) is 0 Å². The molecule has 3 aliphatic heterocycles. The maximum atomic E-state index is 13.8. The molecule has 3 atom stereocenters. The molecule has 1 aromatic rings. The van der Waals surface area contributed by atoms with Crippen molar-refractivity contribution in [1.82, 2.24) is 15.1 Å². The number of likely N-dealkylation sites (tertiary alicyclic amines) is 1. The molecule has 34 heavy (non-hydrogen) atoms. The van der Waals surface area contributed by atoms with Crippen molar-refractivity contribution < 1.29 is 28.0 Å². The topological polar surface area (TPSA) is 113 Å². The summed E-state index contributed by atoms with van der Waals surface area (Å²) >= 11 is 0. The average molecular weight is 477 g/mol. The smallest absolute Gasteiger partial charge is 0.267 e. The van der Waals surface area contributed by atoms with E-state index in [1.807, 2.05) is 12.1 Å². The van der Waals surface area contributed by atoms with Crippen molar-refractivity contribution in [2.75, 3.05) is 6.54 Å². The van der Waals surface area contributed by atoms with E-state index in [0.717, 1.165) is 22.4 Å². The number of amides is 4. The van der Waals surface area contributed by atoms with Gasteiger partial charge < -0.3 is 20.9 Å². The fourth-order valence-electron chi connectivity index (χ4n) is 5.22. The van der Waals surface area contributed by atoms with E-state index >= 15 is 0 Å². The summed E-state index contributed by atoms with van der Waals surface area (Å²) < 4.78 is 27.6. The number of carbonyl (C=O) groups is 4. The van der Waals surface area contributed by atoms with Gasteiger partial charge >= 0.3 is 0 Å². The SMILES string of the molecule is CC(C)Cc1cccc2c1CN(C(=O)C[C@@H]1C[C@@H](C(=O)N3CC(F)(F)C[C@H]3C(N)=O)NC1=O)C2. The average Bonchev–Trinajstić information content (AvgIpc) is 3.42. The molecule has 4 amide bonds. The Kier molecular flexibility index (Phi) is 6.35. The molecule has 10 heteroatoms. The molecule has 4 rings (SSSR count). The van der Waals surface area contributed by atoms with Crippen LogP contribution in [0.15, 0.2) is 18.2 Å². The van der Waals surface area contributed by atoms with E-state index in [2.05, 4.69) is 25.2 Å². The Morgan fingerprint density at radius 1 is 1.24 bits per heavy atom. The molecule has 0 spiro atoms. The van der Waals surface area contributed by atoms with Crippen LogP contribution in [-0.4, -0.2) is 58.0 Å². The van der Waals surface area contributed by atoms with Crippen molar-refractivity contribution >= 4 is 23.6 Å². The Hall–Kier alpha value is -3.04. The van der Waals surface area contributed by atoms with E-state index in [1.165, 1.54) is 5.56 Å². The Balaban J connectivity index is 1.38. The van der Waals surface area contributed by atoms with Crippen molar-refractivity contribution in [3.05, 3.63) is 34.9 Å². The summed E-state index contributed by atoms with van der Waals surface area (Å²) in [6.45, 7) is 4.32. The number of nitrogens with zero attached hydrogens (tertiary/aromatic N) is 2. The molecule has 184 valence electrons. The van der Waals surface area contributed by atoms with E-state index in [9.17, 15) is 28.0 Å². The summed E-state index contributed by atoms with van der Waals surface area (Å²) in [5.74, 6) is -5.91. The van der Waals surface area contributed by atoms with Gasteiger partial charge in [0.05, 0.1) is 6.54 Å². The number of benzene rings is 1. The Labute approximate surface area is 196 Å². The van der Waals surface area contributed by atoms with Crippen LogP contribution in [0.2, 0.25) is 0 Å². The number of carbonyl (C=O) groups excluding carboxylic acids is 4. The third-order valence-electron chi connectivity index (χ3n) is 6.87. The summed E-state index contributed by atoms with van der Waals surface area (Å²) in [6.07, 6.45) is 0.0295. The largest absolute Gasteiger partial charge is 0.368 e. The minimum Gasteiger partial charge on any atom is -0.368 e. The number of hydrogen-bond acceptors (Lipinski definition) is 4. The summed E-state index contributed by atoms with van der Waals surface area (Å²) in [6, 6.07) is 3.60. The van der Waals surface area contributed by atoms with Crippen LogP contribution in [-0.2, 0) is 38.7 Å². The second-order valence-electron chi connectivity index (χ2n) is 10.0. The van der Waals surface area contributed by atoms with Crippen LogP contribution in [0.1, 0.15) is 49.8 Å². The van der Waals surface area contributed by atoms with Gasteiger partial charge in [-0.25, -0.2) is 8.78 Å². The molecule has 3 N–H and O–H groups in total. The lowest BCUT2D eigenvalue weighted by Gasteiger charge is -2.24. The predicted octanol–water partition coefficient (Wildman–Crippen LogP) is 1.34. The molecule has 0 radical (unpaired) electrons. The van der Waals surface area contributed by atoms with E-state index in [1.54, 1.807) is 4.90 Å². The van der Waals surface area contributed by atoms with Crippen molar-refractivity contribution in [2.24, 2.45) is 17.6 Å². The Morgan fingerprint density at radius 2 is 1.97 bits per heavy atom. The maximum absolute atomic E-state index is 13.8. The summed E-state index contributed by atoms with van der Waals surface area (Å²) in [4.78, 5) is 52.4. The maximum Gasteiger partial charge on any atom is 0.267 e. The van der Waals surface area contributed by atoms with Gasteiger partial charge in [0, 0.05) is 31.8 Å². The molecular formula is C24H30F2N4O4. The molecule has 8 nitrogen and oxygen atoms in total. The molecule has 2 saturated heterocycles. The number of fused-ring (bicyclic) bond motifs is 1. The summed E-state index contributed by atoms with van der Waals surface area (Å²) in [5, 5.41) is 2.51. The van der Waals surface area contributed by atoms with Crippen LogP contribution in [0.4, 0.5) is 8.78 Å². The molecule has 0 aliphatic carbocycles. The lowest BCUT2D eigenvalue weighted by Crippen LogP contribution is -2.50. The van der Waals surface area contributed by atoms with Gasteiger partial charge in [0.15, 0.2) is 0 Å². The van der Waals surface area contributed by atoms with Crippen LogP contribution in [0.3, 0.4) is 0 Å². The monoisotopic (exact) mass is 476 g/mol. The Morgan fingerprint density at radius 3 is 2.65 bits per heavy atom. The van der Waals surface area contributed by atoms with Gasteiger partial charge in [0.2, 0.25) is 23.6 Å². The summed E-state index contributed by atoms with van der Waals surface area (Å²) in [5.41, 5.74) is 8.68. The van der Waals surface area contributed by atoms with Crippen molar-refractivity contribution in [1.29, 1.82) is 0 Å². The highest BCUT2D eigenvalue weighted by molar-refractivity contribution is 5.96. The van der Waals surface area contributed by atoms with Crippen LogP contribution in [0.25, 0.3) is 0 Å². The number of nitrogens with one attached hydrogen (secondary N) is 1. The van der Waals surface area contributed by atoms with E-state index in [0.29, 0.717) is 19.0 Å². The number of halogens is 2. The van der Waals surface area contributed by atoms with Gasteiger partial charge in [-0.05, 0) is 35.4 Å². The molecule has 0 bridgehead atoms. The second kappa shape index (κ2) is 8.96. The molecule has 3 heterocycles. The standard InChI is InChI=1S/C24H30F2N4O4/c1-13(2)6-14-4-3-5-15-10-29(11-17(14)15)20(31)8-16-7-18(28-22(16)33)23(34)30-12-24(25,26)9-19(30)21(27)32/h3-5,13,16,18-19H,6-12H2,1-2H3,(H2,27,32)(H,28,33)/t16-,18-,19-/m0/s1. The van der Waals surface area contributed by atoms with Gasteiger partial charge in [-0.2, -0.15) is 0 Å². The van der Waals surface area contributed by atoms with Crippen LogP contribution in [0.5, 0.6) is 0 Å². The molecule has 0 saturated carbocycles. The van der Waals surface area contributed by atoms with Gasteiger partial charge in [0.25, 0.3) is 5.92 Å². The lowest BCUT2D eigenvalue weighted by molar-refractivity contribution is -0.139. The number of rotatable bonds is 6. The molecule has 2 fully saturated rings.